The van der Waals surface area contributed by atoms with Crippen LogP contribution < -0.4 is 15.8 Å². The van der Waals surface area contributed by atoms with E-state index < -0.39 is 45.8 Å². The van der Waals surface area contributed by atoms with Crippen LogP contribution in [-0.4, -0.2) is 60.9 Å². The Morgan fingerprint density at radius 3 is 2.35 bits per heavy atom. The van der Waals surface area contributed by atoms with E-state index in [4.69, 9.17) is 11.1 Å². The number of sulfonamides is 1. The number of hydrogen-bond donors (Lipinski definition) is 5. The number of hydrogen-bond acceptors (Lipinski definition) is 6. The molecule has 2 aromatic carbocycles. The summed E-state index contributed by atoms with van der Waals surface area (Å²) in [5, 5.41) is 19.6. The third-order valence-corrected chi connectivity index (χ3v) is 6.97. The van der Waals surface area contributed by atoms with Crippen molar-refractivity contribution in [2.75, 3.05) is 12.8 Å². The molecule has 0 spiro atoms. The molecule has 0 saturated carbocycles. The summed E-state index contributed by atoms with van der Waals surface area (Å²) in [7, 11) is -3.96. The highest BCUT2D eigenvalue weighted by molar-refractivity contribution is 7.88. The first-order chi connectivity index (χ1) is 17.4. The van der Waals surface area contributed by atoms with Crippen LogP contribution in [0.25, 0.3) is 0 Å². The van der Waals surface area contributed by atoms with E-state index in [2.05, 4.69) is 10.0 Å². The average Bonchev–Trinajstić information content (AvgIpc) is 3.35. The molecule has 37 heavy (non-hydrogen) atoms. The molecule has 0 aliphatic carbocycles. The predicted molar refractivity (Wildman–Crippen MR) is 137 cm³/mol. The van der Waals surface area contributed by atoms with Gasteiger partial charge in [-0.3, -0.25) is 19.8 Å². The van der Waals surface area contributed by atoms with Crippen LogP contribution in [0.3, 0.4) is 0 Å². The molecule has 198 valence electrons. The van der Waals surface area contributed by atoms with E-state index in [1.54, 1.807) is 54.6 Å². The molecule has 1 aliphatic heterocycles. The van der Waals surface area contributed by atoms with Crippen molar-refractivity contribution in [2.24, 2.45) is 5.73 Å². The molecule has 0 radical (unpaired) electrons. The summed E-state index contributed by atoms with van der Waals surface area (Å²) >= 11 is 0. The number of nitrogens with two attached hydrogens (primary N) is 1. The zero-order valence-corrected chi connectivity index (χ0v) is 21.3. The fourth-order valence-electron chi connectivity index (χ4n) is 4.50. The monoisotopic (exact) mass is 529 g/mol. The molecule has 1 fully saturated rings. The fraction of sp³-hybridized carbons (Fsp3) is 0.360. The zero-order valence-electron chi connectivity index (χ0n) is 20.4. The quantitative estimate of drug-likeness (QED) is 0.211. The van der Waals surface area contributed by atoms with Crippen LogP contribution in [0.1, 0.15) is 42.4 Å². The van der Waals surface area contributed by atoms with Crippen molar-refractivity contribution in [2.45, 2.75) is 43.8 Å². The minimum absolute atomic E-state index is 0.0665. The Kier molecular flexibility index (Phi) is 8.66. The second-order valence-corrected chi connectivity index (χ2v) is 10.8. The molecule has 11 nitrogen and oxygen atoms in total. The maximum atomic E-state index is 14.0. The van der Waals surface area contributed by atoms with Crippen molar-refractivity contribution in [1.29, 1.82) is 5.41 Å². The van der Waals surface area contributed by atoms with Crippen LogP contribution in [0.5, 0.6) is 0 Å². The molecule has 1 aliphatic rings. The number of benzene rings is 2. The Morgan fingerprint density at radius 2 is 1.78 bits per heavy atom. The van der Waals surface area contributed by atoms with Crippen molar-refractivity contribution in [3.8, 4) is 0 Å². The van der Waals surface area contributed by atoms with Crippen LogP contribution in [0.4, 0.5) is 0 Å². The summed E-state index contributed by atoms with van der Waals surface area (Å²) in [4.78, 5) is 40.0. The average molecular weight is 530 g/mol. The standard InChI is InChI=1S/C25H31N5O6S/c1-37(35,36)29-25(14-13-21(31)32,19-6-3-2-4-7-19)24(34)30-15-5-8-20(30)23(33)28-16-17-9-11-18(12-10-17)22(26)27/h2-4,6-7,9-12,20,29H,5,8,13-16H2,1H3,(H3,26,27)(H,28,33)(H,31,32). The summed E-state index contributed by atoms with van der Waals surface area (Å²) in [6.45, 7) is 0.400. The van der Waals surface area contributed by atoms with Gasteiger partial charge in [0.2, 0.25) is 21.8 Å². The number of amidine groups is 1. The third-order valence-electron chi connectivity index (χ3n) is 6.25. The summed E-state index contributed by atoms with van der Waals surface area (Å²) in [5.74, 6) is -2.33. The van der Waals surface area contributed by atoms with Gasteiger partial charge in [0.05, 0.1) is 6.26 Å². The van der Waals surface area contributed by atoms with Crippen LogP contribution in [0.15, 0.2) is 54.6 Å². The number of nitrogens with one attached hydrogen (secondary N) is 3. The molecule has 6 N–H and O–H groups in total. The first-order valence-electron chi connectivity index (χ1n) is 11.7. The van der Waals surface area contributed by atoms with E-state index in [1.807, 2.05) is 0 Å². The highest BCUT2D eigenvalue weighted by atomic mass is 32.2. The molecular formula is C25H31N5O6S. The van der Waals surface area contributed by atoms with Crippen LogP contribution in [0.2, 0.25) is 0 Å². The lowest BCUT2D eigenvalue weighted by Crippen LogP contribution is -2.59. The van der Waals surface area contributed by atoms with E-state index in [9.17, 15) is 27.9 Å². The van der Waals surface area contributed by atoms with Gasteiger partial charge in [-0.15, -0.1) is 0 Å². The maximum absolute atomic E-state index is 14.0. The van der Waals surface area contributed by atoms with Gasteiger partial charge in [-0.2, -0.15) is 4.72 Å². The molecule has 2 amide bonds. The van der Waals surface area contributed by atoms with Crippen LogP contribution in [0, 0.1) is 5.41 Å². The topological polar surface area (TPSA) is 183 Å². The molecule has 12 heteroatoms. The number of nitrogen functional groups attached to an aromatic ring is 1. The van der Waals surface area contributed by atoms with Crippen molar-refractivity contribution in [3.05, 3.63) is 71.3 Å². The lowest BCUT2D eigenvalue weighted by atomic mass is 9.84. The number of nitrogens with zero attached hydrogens (tertiary/aromatic N) is 1. The summed E-state index contributed by atoms with van der Waals surface area (Å²) in [6.07, 6.45) is 1.02. The van der Waals surface area contributed by atoms with Gasteiger partial charge in [0, 0.05) is 25.1 Å². The van der Waals surface area contributed by atoms with Gasteiger partial charge in [0.15, 0.2) is 0 Å². The first kappa shape index (κ1) is 27.8. The number of carboxylic acids is 1. The lowest BCUT2D eigenvalue weighted by Gasteiger charge is -2.38. The molecule has 3 rings (SSSR count). The Hall–Kier alpha value is -3.77. The molecule has 0 aromatic heterocycles. The largest absolute Gasteiger partial charge is 0.481 e. The Labute approximate surface area is 215 Å². The molecule has 0 bridgehead atoms. The van der Waals surface area contributed by atoms with Gasteiger partial charge in [0.1, 0.15) is 17.4 Å². The number of carboxylic acid groups (broad SMARTS) is 1. The molecule has 1 heterocycles. The fourth-order valence-corrected chi connectivity index (χ4v) is 5.44. The molecule has 2 atom stereocenters. The van der Waals surface area contributed by atoms with Crippen LogP contribution in [-0.2, 0) is 36.5 Å². The first-order valence-corrected chi connectivity index (χ1v) is 13.6. The van der Waals surface area contributed by atoms with Gasteiger partial charge < -0.3 is 21.1 Å². The van der Waals surface area contributed by atoms with E-state index in [0.29, 0.717) is 24.0 Å². The van der Waals surface area contributed by atoms with E-state index >= 15 is 0 Å². The Morgan fingerprint density at radius 1 is 1.14 bits per heavy atom. The Balaban J connectivity index is 1.88. The number of rotatable bonds is 11. The molecule has 2 unspecified atom stereocenters. The number of carbonyl (C=O) groups is 3. The minimum Gasteiger partial charge on any atom is -0.481 e. The molecular weight excluding hydrogens is 498 g/mol. The Bertz CT molecular complexity index is 1270. The maximum Gasteiger partial charge on any atom is 0.303 e. The number of aliphatic carboxylic acids is 1. The third kappa shape index (κ3) is 6.92. The van der Waals surface area contributed by atoms with Gasteiger partial charge in [-0.1, -0.05) is 54.6 Å². The number of carbonyl (C=O) groups excluding carboxylic acids is 2. The van der Waals surface area contributed by atoms with E-state index in [-0.39, 0.29) is 25.3 Å². The van der Waals surface area contributed by atoms with Gasteiger partial charge in [0.25, 0.3) is 0 Å². The minimum atomic E-state index is -3.96. The molecule has 2 aromatic rings. The zero-order chi connectivity index (χ0) is 27.2. The lowest BCUT2D eigenvalue weighted by molar-refractivity contribution is -0.145. The smallest absolute Gasteiger partial charge is 0.303 e. The summed E-state index contributed by atoms with van der Waals surface area (Å²) in [5.41, 5.74) is 5.20. The second kappa shape index (κ2) is 11.5. The predicted octanol–water partition coefficient (Wildman–Crippen LogP) is 0.887. The highest BCUT2D eigenvalue weighted by Gasteiger charge is 2.48. The second-order valence-electron chi connectivity index (χ2n) is 9.02. The van der Waals surface area contributed by atoms with E-state index in [1.165, 1.54) is 4.90 Å². The van der Waals surface area contributed by atoms with Crippen molar-refractivity contribution < 1.29 is 27.9 Å². The highest BCUT2D eigenvalue weighted by Crippen LogP contribution is 2.33. The normalized spacial score (nSPS) is 17.1. The van der Waals surface area contributed by atoms with Crippen molar-refractivity contribution in [3.63, 3.8) is 0 Å². The van der Waals surface area contributed by atoms with Crippen molar-refractivity contribution in [1.82, 2.24) is 14.9 Å². The summed E-state index contributed by atoms with van der Waals surface area (Å²) in [6, 6.07) is 14.0. The van der Waals surface area contributed by atoms with E-state index in [0.717, 1.165) is 11.8 Å². The van der Waals surface area contributed by atoms with Crippen molar-refractivity contribution >= 4 is 33.6 Å². The van der Waals surface area contributed by atoms with Gasteiger partial charge in [-0.05, 0) is 30.4 Å². The van der Waals surface area contributed by atoms with Gasteiger partial charge in [-0.25, -0.2) is 8.42 Å². The summed E-state index contributed by atoms with van der Waals surface area (Å²) < 4.78 is 27.2. The molecule has 1 saturated heterocycles. The van der Waals surface area contributed by atoms with Gasteiger partial charge >= 0.3 is 5.97 Å². The number of amides is 2. The number of likely N-dealkylation sites (tertiary alicyclic amines) is 1. The van der Waals surface area contributed by atoms with Crippen LogP contribution >= 0.6 is 0 Å². The SMILES string of the molecule is CS(=O)(=O)NC(CCC(=O)O)(C(=O)N1CCCC1C(=O)NCc1ccc(C(=N)N)cc1)c1ccccc1.